The normalized spacial score (nSPS) is 10.9. The van der Waals surface area contributed by atoms with Gasteiger partial charge in [0, 0.05) is 36.6 Å². The van der Waals surface area contributed by atoms with Crippen molar-refractivity contribution in [1.29, 1.82) is 0 Å². The number of anilines is 1. The Morgan fingerprint density at radius 1 is 1.06 bits per heavy atom. The molecule has 0 aliphatic heterocycles. The third-order valence-electron chi connectivity index (χ3n) is 5.26. The molecule has 2 aromatic carbocycles. The Balaban J connectivity index is 1.82. The number of nitrogens with one attached hydrogen (secondary N) is 1. The number of aryl methyl sites for hydroxylation is 1. The summed E-state index contributed by atoms with van der Waals surface area (Å²) in [5.41, 5.74) is 4.05. The van der Waals surface area contributed by atoms with E-state index >= 15 is 0 Å². The number of aromatic nitrogens is 3. The van der Waals surface area contributed by atoms with Gasteiger partial charge in [0.05, 0.1) is 28.2 Å². The summed E-state index contributed by atoms with van der Waals surface area (Å²) in [7, 11) is 5.04. The predicted molar refractivity (Wildman–Crippen MR) is 129 cm³/mol. The number of rotatable bonds is 4. The fraction of sp³-hybridized carbons (Fsp3) is 0.167. The van der Waals surface area contributed by atoms with Gasteiger partial charge in [-0.3, -0.25) is 14.3 Å². The average Bonchev–Trinajstić information content (AvgIpc) is 3.06. The third-order valence-corrected chi connectivity index (χ3v) is 5.76. The Labute approximate surface area is 194 Å². The van der Waals surface area contributed by atoms with Gasteiger partial charge in [-0.1, -0.05) is 46.3 Å². The number of nitrogens with zero attached hydrogens (tertiary/aromatic N) is 4. The molecule has 8 heteroatoms. The van der Waals surface area contributed by atoms with Crippen molar-refractivity contribution in [3.05, 3.63) is 76.0 Å². The van der Waals surface area contributed by atoms with Crippen LogP contribution >= 0.6 is 15.9 Å². The lowest BCUT2D eigenvalue weighted by Crippen LogP contribution is -2.24. The number of halogens is 1. The van der Waals surface area contributed by atoms with Crippen LogP contribution in [0.15, 0.2) is 59.1 Å². The number of amides is 2. The summed E-state index contributed by atoms with van der Waals surface area (Å²) < 4.78 is 2.51. The lowest BCUT2D eigenvalue weighted by Gasteiger charge is -2.13. The SMILES string of the molecule is Cc1c(NC(=O)c2cc(-c3cccc(Br)c3)nc3ccccc23)c(C(=O)N(C)C)nn1C. The second-order valence-corrected chi connectivity index (χ2v) is 8.58. The first-order chi connectivity index (χ1) is 15.3. The second-order valence-electron chi connectivity index (χ2n) is 7.67. The second kappa shape index (κ2) is 8.55. The first-order valence-electron chi connectivity index (χ1n) is 9.98. The topological polar surface area (TPSA) is 80.1 Å². The molecule has 0 bridgehead atoms. The molecule has 2 amide bonds. The maximum absolute atomic E-state index is 13.5. The molecule has 2 heterocycles. The lowest BCUT2D eigenvalue weighted by molar-refractivity contribution is 0.0822. The molecule has 1 N–H and O–H groups in total. The number of hydrogen-bond donors (Lipinski definition) is 1. The van der Waals surface area contributed by atoms with Gasteiger partial charge in [-0.25, -0.2) is 4.98 Å². The number of pyridine rings is 1. The van der Waals surface area contributed by atoms with Crippen LogP contribution < -0.4 is 5.32 Å². The molecule has 0 spiro atoms. The monoisotopic (exact) mass is 491 g/mol. The standard InChI is InChI=1S/C24H22BrN5O2/c1-14-21(22(28-30(14)4)24(32)29(2)3)27-23(31)18-13-20(15-8-7-9-16(25)12-15)26-19-11-6-5-10-17(18)19/h5-13H,1-4H3,(H,27,31). The minimum Gasteiger partial charge on any atom is -0.343 e. The number of para-hydroxylation sites is 1. The molecule has 7 nitrogen and oxygen atoms in total. The molecule has 2 aromatic heterocycles. The van der Waals surface area contributed by atoms with Crippen molar-refractivity contribution in [3.63, 3.8) is 0 Å². The minimum atomic E-state index is -0.330. The molecule has 0 radical (unpaired) electrons. The van der Waals surface area contributed by atoms with E-state index < -0.39 is 0 Å². The van der Waals surface area contributed by atoms with Gasteiger partial charge >= 0.3 is 0 Å². The molecule has 32 heavy (non-hydrogen) atoms. The van der Waals surface area contributed by atoms with Crippen molar-refractivity contribution < 1.29 is 9.59 Å². The molecule has 0 aliphatic carbocycles. The number of carbonyl (C=O) groups excluding carboxylic acids is 2. The van der Waals surface area contributed by atoms with Gasteiger partial charge in [0.1, 0.15) is 0 Å². The zero-order valence-electron chi connectivity index (χ0n) is 18.2. The fourth-order valence-electron chi connectivity index (χ4n) is 3.46. The van der Waals surface area contributed by atoms with E-state index in [1.165, 1.54) is 4.90 Å². The van der Waals surface area contributed by atoms with Gasteiger partial charge < -0.3 is 10.2 Å². The van der Waals surface area contributed by atoms with Crippen LogP contribution in [0.5, 0.6) is 0 Å². The van der Waals surface area contributed by atoms with Gasteiger partial charge in [-0.15, -0.1) is 0 Å². The number of fused-ring (bicyclic) bond motifs is 1. The molecule has 0 fully saturated rings. The summed E-state index contributed by atoms with van der Waals surface area (Å²) in [6.07, 6.45) is 0. The van der Waals surface area contributed by atoms with Crippen LogP contribution in [-0.2, 0) is 7.05 Å². The number of benzene rings is 2. The first-order valence-corrected chi connectivity index (χ1v) is 10.8. The minimum absolute atomic E-state index is 0.203. The summed E-state index contributed by atoms with van der Waals surface area (Å²) in [6, 6.07) is 17.0. The maximum atomic E-state index is 13.5. The van der Waals surface area contributed by atoms with E-state index in [9.17, 15) is 9.59 Å². The molecule has 4 rings (SSSR count). The Kier molecular flexibility index (Phi) is 5.80. The summed E-state index contributed by atoms with van der Waals surface area (Å²) in [6.45, 7) is 1.81. The third kappa shape index (κ3) is 4.01. The zero-order chi connectivity index (χ0) is 23.0. The van der Waals surface area contributed by atoms with E-state index in [1.807, 2.05) is 55.5 Å². The van der Waals surface area contributed by atoms with E-state index in [2.05, 4.69) is 26.3 Å². The van der Waals surface area contributed by atoms with Crippen molar-refractivity contribution in [2.75, 3.05) is 19.4 Å². The van der Waals surface area contributed by atoms with Crippen LogP contribution in [0.25, 0.3) is 22.2 Å². The summed E-state index contributed by atoms with van der Waals surface area (Å²) in [5.74, 6) is -0.609. The van der Waals surface area contributed by atoms with Gasteiger partial charge in [-0.05, 0) is 31.2 Å². The quantitative estimate of drug-likeness (QED) is 0.450. The predicted octanol–water partition coefficient (Wildman–Crippen LogP) is 4.66. The largest absolute Gasteiger partial charge is 0.343 e. The fourth-order valence-corrected chi connectivity index (χ4v) is 3.86. The highest BCUT2D eigenvalue weighted by Crippen LogP contribution is 2.28. The van der Waals surface area contributed by atoms with E-state index in [-0.39, 0.29) is 17.5 Å². The highest BCUT2D eigenvalue weighted by molar-refractivity contribution is 9.10. The van der Waals surface area contributed by atoms with Gasteiger partial charge in [0.15, 0.2) is 5.69 Å². The van der Waals surface area contributed by atoms with Gasteiger partial charge in [-0.2, -0.15) is 5.10 Å². The Morgan fingerprint density at radius 2 is 1.81 bits per heavy atom. The Morgan fingerprint density at radius 3 is 2.53 bits per heavy atom. The van der Waals surface area contributed by atoms with Crippen molar-refractivity contribution in [3.8, 4) is 11.3 Å². The maximum Gasteiger partial charge on any atom is 0.276 e. The molecular weight excluding hydrogens is 470 g/mol. The van der Waals surface area contributed by atoms with Gasteiger partial charge in [0.25, 0.3) is 11.8 Å². The zero-order valence-corrected chi connectivity index (χ0v) is 19.8. The summed E-state index contributed by atoms with van der Waals surface area (Å²) in [4.78, 5) is 32.3. The van der Waals surface area contributed by atoms with Crippen LogP contribution in [0.3, 0.4) is 0 Å². The Bertz CT molecular complexity index is 1360. The molecule has 0 saturated carbocycles. The Hall–Kier alpha value is -3.52. The first kappa shape index (κ1) is 21.7. The molecule has 0 atom stereocenters. The lowest BCUT2D eigenvalue weighted by atomic mass is 10.0. The van der Waals surface area contributed by atoms with E-state index in [0.717, 1.165) is 15.4 Å². The van der Waals surface area contributed by atoms with Crippen LogP contribution in [0, 0.1) is 6.92 Å². The molecule has 162 valence electrons. The molecule has 0 aliphatic rings. The summed E-state index contributed by atoms with van der Waals surface area (Å²) >= 11 is 3.49. The van der Waals surface area contributed by atoms with Gasteiger partial charge in [0.2, 0.25) is 0 Å². The highest BCUT2D eigenvalue weighted by Gasteiger charge is 2.24. The van der Waals surface area contributed by atoms with Crippen LogP contribution in [-0.4, -0.2) is 45.6 Å². The highest BCUT2D eigenvalue weighted by atomic mass is 79.9. The van der Waals surface area contributed by atoms with Crippen molar-refractivity contribution >= 4 is 44.3 Å². The molecule has 4 aromatic rings. The molecular formula is C24H22BrN5O2. The van der Waals surface area contributed by atoms with Crippen molar-refractivity contribution in [1.82, 2.24) is 19.7 Å². The molecule has 0 saturated heterocycles. The van der Waals surface area contributed by atoms with Crippen LogP contribution in [0.2, 0.25) is 0 Å². The number of hydrogen-bond acceptors (Lipinski definition) is 4. The van der Waals surface area contributed by atoms with Crippen LogP contribution in [0.4, 0.5) is 5.69 Å². The summed E-state index contributed by atoms with van der Waals surface area (Å²) in [5, 5.41) is 7.96. The average molecular weight is 492 g/mol. The number of carbonyl (C=O) groups is 2. The van der Waals surface area contributed by atoms with Crippen LogP contribution in [0.1, 0.15) is 26.5 Å². The van der Waals surface area contributed by atoms with E-state index in [4.69, 9.17) is 4.98 Å². The van der Waals surface area contributed by atoms with E-state index in [0.29, 0.717) is 28.2 Å². The smallest absolute Gasteiger partial charge is 0.276 e. The van der Waals surface area contributed by atoms with Crippen molar-refractivity contribution in [2.24, 2.45) is 7.05 Å². The molecule has 0 unspecified atom stereocenters. The van der Waals surface area contributed by atoms with E-state index in [1.54, 1.807) is 31.9 Å². The van der Waals surface area contributed by atoms with Crippen molar-refractivity contribution in [2.45, 2.75) is 6.92 Å².